The number of esters is 1. The van der Waals surface area contributed by atoms with Crippen LogP contribution in [0, 0.1) is 0 Å². The van der Waals surface area contributed by atoms with Crippen molar-refractivity contribution in [3.05, 3.63) is 35.9 Å². The molecule has 18 heavy (non-hydrogen) atoms. The van der Waals surface area contributed by atoms with Crippen molar-refractivity contribution in [1.29, 1.82) is 0 Å². The summed E-state index contributed by atoms with van der Waals surface area (Å²) in [5.41, 5.74) is 0.897. The van der Waals surface area contributed by atoms with Crippen molar-refractivity contribution in [3.8, 4) is 0 Å². The molecular weight excluding hydrogens is 252 g/mol. The minimum absolute atomic E-state index is 0.187. The number of hydrogen-bond donors (Lipinski definition) is 2. The molecule has 1 saturated heterocycles. The van der Waals surface area contributed by atoms with E-state index in [0.717, 1.165) is 5.56 Å². The molecule has 94 valence electrons. The topological polar surface area (TPSA) is 67.4 Å². The summed E-state index contributed by atoms with van der Waals surface area (Å²) in [6.07, 6.45) is 0.273. The van der Waals surface area contributed by atoms with E-state index < -0.39 is 18.0 Å². The molecule has 0 saturated carbocycles. The molecule has 2 amide bonds. The van der Waals surface area contributed by atoms with E-state index in [9.17, 15) is 9.59 Å². The molecule has 2 N–H and O–H groups in total. The molecule has 0 spiro atoms. The Morgan fingerprint density at radius 3 is 2.78 bits per heavy atom. The Morgan fingerprint density at radius 2 is 2.11 bits per heavy atom. The Kier molecular flexibility index (Phi) is 3.88. The van der Waals surface area contributed by atoms with Gasteiger partial charge in [-0.05, 0) is 5.56 Å². The van der Waals surface area contributed by atoms with E-state index in [2.05, 4.69) is 10.6 Å². The van der Waals surface area contributed by atoms with Crippen LogP contribution in [0.3, 0.4) is 0 Å². The third-order valence-electron chi connectivity index (χ3n) is 2.46. The fourth-order valence-electron chi connectivity index (χ4n) is 1.58. The normalized spacial score (nSPS) is 18.8. The van der Waals surface area contributed by atoms with Gasteiger partial charge in [0.1, 0.15) is 12.6 Å². The minimum atomic E-state index is -0.699. The molecule has 0 aromatic heterocycles. The first-order valence-corrected chi connectivity index (χ1v) is 5.87. The average molecular weight is 264 g/mol. The van der Waals surface area contributed by atoms with Crippen molar-refractivity contribution in [2.75, 3.05) is 0 Å². The lowest BCUT2D eigenvalue weighted by Crippen LogP contribution is -2.54. The molecule has 1 aliphatic heterocycles. The van der Waals surface area contributed by atoms with Crippen LogP contribution in [-0.4, -0.2) is 23.0 Å². The smallest absolute Gasteiger partial charge is 0.329 e. The second-order valence-corrected chi connectivity index (χ2v) is 4.36. The number of nitrogens with one attached hydrogen (secondary N) is 2. The van der Waals surface area contributed by atoms with Crippen LogP contribution in [0.25, 0.3) is 0 Å². The van der Waals surface area contributed by atoms with Crippen molar-refractivity contribution in [3.63, 3.8) is 0 Å². The van der Waals surface area contributed by atoms with Gasteiger partial charge >= 0.3 is 12.0 Å². The Morgan fingerprint density at radius 1 is 1.39 bits per heavy atom. The summed E-state index contributed by atoms with van der Waals surface area (Å²) < 4.78 is 5.12. The lowest BCUT2D eigenvalue weighted by molar-refractivity contribution is -0.147. The first kappa shape index (κ1) is 12.5. The standard InChI is InChI=1S/C12H12N2O3S/c15-11(9-6-10(18)14-12(16)13-9)17-7-8-4-2-1-3-5-8/h1-5,9H,6-7H2,(H2,13,14,16,18)/t9-/m0/s1. The molecule has 1 aromatic rings. The maximum atomic E-state index is 11.7. The van der Waals surface area contributed by atoms with E-state index in [-0.39, 0.29) is 13.0 Å². The second kappa shape index (κ2) is 5.59. The van der Waals surface area contributed by atoms with E-state index in [0.29, 0.717) is 4.99 Å². The third kappa shape index (κ3) is 3.27. The summed E-state index contributed by atoms with van der Waals surface area (Å²) >= 11 is 4.88. The molecule has 1 heterocycles. The van der Waals surface area contributed by atoms with Crippen LogP contribution in [-0.2, 0) is 16.1 Å². The fraction of sp³-hybridized carbons (Fsp3) is 0.250. The van der Waals surface area contributed by atoms with Crippen molar-refractivity contribution in [2.24, 2.45) is 0 Å². The molecule has 2 rings (SSSR count). The third-order valence-corrected chi connectivity index (χ3v) is 2.72. The Labute approximate surface area is 110 Å². The quantitative estimate of drug-likeness (QED) is 0.634. The summed E-state index contributed by atoms with van der Waals surface area (Å²) in [6, 6.07) is 8.17. The van der Waals surface area contributed by atoms with Gasteiger partial charge in [0.2, 0.25) is 0 Å². The van der Waals surface area contributed by atoms with Crippen LogP contribution >= 0.6 is 12.2 Å². The zero-order valence-electron chi connectivity index (χ0n) is 9.51. The molecule has 0 unspecified atom stereocenters. The number of carbonyl (C=O) groups is 2. The fourth-order valence-corrected chi connectivity index (χ4v) is 1.84. The zero-order valence-corrected chi connectivity index (χ0v) is 10.3. The van der Waals surface area contributed by atoms with Gasteiger partial charge in [-0.25, -0.2) is 9.59 Å². The van der Waals surface area contributed by atoms with Crippen molar-refractivity contribution in [1.82, 2.24) is 10.6 Å². The molecule has 1 aliphatic rings. The lowest BCUT2D eigenvalue weighted by Gasteiger charge is -2.23. The van der Waals surface area contributed by atoms with Gasteiger partial charge in [0.25, 0.3) is 0 Å². The Bertz CT molecular complexity index is 459. The molecule has 1 fully saturated rings. The van der Waals surface area contributed by atoms with Crippen LogP contribution in [0.1, 0.15) is 12.0 Å². The number of urea groups is 1. The number of amides is 2. The average Bonchev–Trinajstić information content (AvgIpc) is 2.36. The summed E-state index contributed by atoms with van der Waals surface area (Å²) in [5.74, 6) is -0.476. The number of benzene rings is 1. The van der Waals surface area contributed by atoms with E-state index in [1.54, 1.807) is 0 Å². The van der Waals surface area contributed by atoms with Crippen molar-refractivity contribution < 1.29 is 14.3 Å². The van der Waals surface area contributed by atoms with E-state index in [1.165, 1.54) is 0 Å². The monoisotopic (exact) mass is 264 g/mol. The maximum Gasteiger partial charge on any atom is 0.329 e. The molecule has 1 atom stereocenters. The van der Waals surface area contributed by atoms with Crippen LogP contribution in [0.4, 0.5) is 4.79 Å². The summed E-state index contributed by atoms with van der Waals surface area (Å²) in [6.45, 7) is 0.187. The van der Waals surface area contributed by atoms with Gasteiger partial charge in [-0.1, -0.05) is 42.5 Å². The number of thiocarbonyl (C=S) groups is 1. The maximum absolute atomic E-state index is 11.7. The highest BCUT2D eigenvalue weighted by Gasteiger charge is 2.28. The highest BCUT2D eigenvalue weighted by molar-refractivity contribution is 7.80. The largest absolute Gasteiger partial charge is 0.459 e. The van der Waals surface area contributed by atoms with Gasteiger partial charge < -0.3 is 15.4 Å². The van der Waals surface area contributed by atoms with E-state index in [4.69, 9.17) is 17.0 Å². The predicted molar refractivity (Wildman–Crippen MR) is 68.9 cm³/mol. The van der Waals surface area contributed by atoms with Gasteiger partial charge in [-0.15, -0.1) is 0 Å². The number of ether oxygens (including phenoxy) is 1. The summed E-state index contributed by atoms with van der Waals surface area (Å²) in [4.78, 5) is 23.2. The summed E-state index contributed by atoms with van der Waals surface area (Å²) in [7, 11) is 0. The SMILES string of the molecule is O=C1NC(=S)C[C@@H](C(=O)OCc2ccccc2)N1. The Hall–Kier alpha value is -1.95. The molecule has 0 aliphatic carbocycles. The number of hydrogen-bond acceptors (Lipinski definition) is 4. The molecule has 6 heteroatoms. The minimum Gasteiger partial charge on any atom is -0.459 e. The van der Waals surface area contributed by atoms with Gasteiger partial charge in [0.15, 0.2) is 0 Å². The van der Waals surface area contributed by atoms with Crippen molar-refractivity contribution >= 4 is 29.2 Å². The van der Waals surface area contributed by atoms with Gasteiger partial charge in [-0.2, -0.15) is 0 Å². The van der Waals surface area contributed by atoms with Crippen LogP contribution in [0.15, 0.2) is 30.3 Å². The molecular formula is C12H12N2O3S. The zero-order chi connectivity index (χ0) is 13.0. The number of carbonyl (C=O) groups excluding carboxylic acids is 2. The van der Waals surface area contributed by atoms with Crippen LogP contribution < -0.4 is 10.6 Å². The van der Waals surface area contributed by atoms with Crippen molar-refractivity contribution in [2.45, 2.75) is 19.1 Å². The predicted octanol–water partition coefficient (Wildman–Crippen LogP) is 1.13. The molecule has 0 bridgehead atoms. The molecule has 0 radical (unpaired) electrons. The highest BCUT2D eigenvalue weighted by atomic mass is 32.1. The number of rotatable bonds is 3. The lowest BCUT2D eigenvalue weighted by atomic mass is 10.2. The van der Waals surface area contributed by atoms with Gasteiger partial charge in [-0.3, -0.25) is 0 Å². The van der Waals surface area contributed by atoms with Gasteiger partial charge in [0, 0.05) is 6.42 Å². The first-order valence-electron chi connectivity index (χ1n) is 5.46. The van der Waals surface area contributed by atoms with Crippen LogP contribution in [0.2, 0.25) is 0 Å². The summed E-state index contributed by atoms with van der Waals surface area (Å²) in [5, 5.41) is 4.88. The van der Waals surface area contributed by atoms with E-state index >= 15 is 0 Å². The second-order valence-electron chi connectivity index (χ2n) is 3.87. The van der Waals surface area contributed by atoms with Crippen LogP contribution in [0.5, 0.6) is 0 Å². The molecule has 5 nitrogen and oxygen atoms in total. The molecule has 1 aromatic carbocycles. The van der Waals surface area contributed by atoms with Gasteiger partial charge in [0.05, 0.1) is 4.99 Å². The highest BCUT2D eigenvalue weighted by Crippen LogP contribution is 2.06. The Balaban J connectivity index is 1.88. The first-order chi connectivity index (χ1) is 8.65. The van der Waals surface area contributed by atoms with E-state index in [1.807, 2.05) is 30.3 Å².